The molecule has 0 aliphatic heterocycles. The molecule has 1 atom stereocenters. The van der Waals surface area contributed by atoms with Gasteiger partial charge in [-0.25, -0.2) is 4.79 Å². The molecule has 8 heteroatoms. The van der Waals surface area contributed by atoms with Crippen LogP contribution in [0.15, 0.2) is 0 Å². The van der Waals surface area contributed by atoms with Gasteiger partial charge in [0.2, 0.25) is 0 Å². The lowest BCUT2D eigenvalue weighted by Gasteiger charge is -2.28. The number of alkyl carbamates (subject to hydrolysis) is 1. The molecule has 0 saturated carbocycles. The van der Waals surface area contributed by atoms with E-state index in [0.717, 1.165) is 0 Å². The molecule has 0 radical (unpaired) electrons. The number of carbonyl (C=O) groups excluding carboxylic acids is 1. The van der Waals surface area contributed by atoms with Crippen LogP contribution >= 0.6 is 7.60 Å². The Kier molecular flexibility index (Phi) is 8.35. The van der Waals surface area contributed by atoms with Crippen molar-refractivity contribution in [2.75, 3.05) is 19.8 Å². The Bertz CT molecular complexity index is 333. The summed E-state index contributed by atoms with van der Waals surface area (Å²) in [6.07, 6.45) is -0.396. The van der Waals surface area contributed by atoms with E-state index in [2.05, 4.69) is 5.32 Å². The second-order valence-corrected chi connectivity index (χ2v) is 7.33. The van der Waals surface area contributed by atoms with Gasteiger partial charge in [0.05, 0.1) is 13.2 Å². The second kappa shape index (κ2) is 8.62. The molecule has 0 aromatic rings. The van der Waals surface area contributed by atoms with Gasteiger partial charge in [-0.3, -0.25) is 4.57 Å². The molecule has 1 amide bonds. The van der Waals surface area contributed by atoms with Gasteiger partial charge in [-0.1, -0.05) is 0 Å². The zero-order chi connectivity index (χ0) is 15.8. The van der Waals surface area contributed by atoms with Crippen LogP contribution in [0, 0.1) is 0 Å². The van der Waals surface area contributed by atoms with Crippen molar-refractivity contribution in [3.05, 3.63) is 0 Å². The third-order valence-electron chi connectivity index (χ3n) is 2.12. The summed E-state index contributed by atoms with van der Waals surface area (Å²) in [4.78, 5) is 11.8. The molecule has 0 aromatic carbocycles. The highest BCUT2D eigenvalue weighted by atomic mass is 31.2. The van der Waals surface area contributed by atoms with Gasteiger partial charge in [0, 0.05) is 0 Å². The van der Waals surface area contributed by atoms with Crippen molar-refractivity contribution in [3.8, 4) is 0 Å². The van der Waals surface area contributed by atoms with Gasteiger partial charge in [0.1, 0.15) is 11.4 Å². The number of hydrogen-bond donors (Lipinski definition) is 2. The fourth-order valence-electron chi connectivity index (χ4n) is 1.49. The van der Waals surface area contributed by atoms with E-state index in [4.69, 9.17) is 19.5 Å². The van der Waals surface area contributed by atoms with Crippen LogP contribution in [0.3, 0.4) is 0 Å². The largest absolute Gasteiger partial charge is 0.444 e. The van der Waals surface area contributed by atoms with E-state index < -0.39 is 25.1 Å². The topological polar surface area (TPSA) is 99.9 Å². The Balaban J connectivity index is 4.92. The molecule has 0 bridgehead atoms. The van der Waals surface area contributed by atoms with Gasteiger partial charge >= 0.3 is 13.7 Å². The lowest BCUT2D eigenvalue weighted by Crippen LogP contribution is -2.40. The zero-order valence-electron chi connectivity index (χ0n) is 13.0. The van der Waals surface area contributed by atoms with E-state index in [1.54, 1.807) is 34.6 Å². The molecule has 0 aliphatic carbocycles. The maximum absolute atomic E-state index is 12.6. The highest BCUT2D eigenvalue weighted by molar-refractivity contribution is 7.54. The van der Waals surface area contributed by atoms with Gasteiger partial charge in [0.25, 0.3) is 0 Å². The number of ether oxygens (including phenoxy) is 1. The first-order chi connectivity index (χ1) is 9.18. The van der Waals surface area contributed by atoms with E-state index >= 15 is 0 Å². The first-order valence-corrected chi connectivity index (χ1v) is 8.38. The average molecular weight is 310 g/mol. The molecule has 0 spiro atoms. The molecular formula is C12H27N2O5P. The standard InChI is InChI=1S/C12H27N2O5P/c1-6-17-20(16,18-7-2)10(8-9-13)14-11(15)19-12(3,4)5/h10H,6-9,13H2,1-5H3,(H,14,15)/t10-/m0/s1. The Morgan fingerprint density at radius 3 is 2.10 bits per heavy atom. The predicted molar refractivity (Wildman–Crippen MR) is 77.7 cm³/mol. The molecule has 0 heterocycles. The third kappa shape index (κ3) is 7.24. The predicted octanol–water partition coefficient (Wildman–Crippen LogP) is 2.45. The van der Waals surface area contributed by atoms with E-state index in [-0.39, 0.29) is 26.2 Å². The summed E-state index contributed by atoms with van der Waals surface area (Å²) in [5.41, 5.74) is 4.86. The van der Waals surface area contributed by atoms with Crippen LogP contribution in [0.1, 0.15) is 41.0 Å². The van der Waals surface area contributed by atoms with E-state index in [0.29, 0.717) is 0 Å². The van der Waals surface area contributed by atoms with E-state index in [1.807, 2.05) is 0 Å². The van der Waals surface area contributed by atoms with Crippen LogP contribution in [0.25, 0.3) is 0 Å². The minimum Gasteiger partial charge on any atom is -0.444 e. The molecular weight excluding hydrogens is 283 g/mol. The first-order valence-electron chi connectivity index (χ1n) is 6.77. The Labute approximate surface area is 121 Å². The molecule has 120 valence electrons. The normalized spacial score (nSPS) is 13.9. The molecule has 0 saturated heterocycles. The van der Waals surface area contributed by atoms with Crippen molar-refractivity contribution in [3.63, 3.8) is 0 Å². The van der Waals surface area contributed by atoms with Gasteiger partial charge in [0.15, 0.2) is 0 Å². The maximum atomic E-state index is 12.6. The third-order valence-corrected chi connectivity index (χ3v) is 4.51. The summed E-state index contributed by atoms with van der Waals surface area (Å²) < 4.78 is 28.2. The summed E-state index contributed by atoms with van der Waals surface area (Å²) in [5.74, 6) is -0.817. The second-order valence-electron chi connectivity index (χ2n) is 5.11. The molecule has 20 heavy (non-hydrogen) atoms. The van der Waals surface area contributed by atoms with E-state index in [9.17, 15) is 9.36 Å². The molecule has 3 N–H and O–H groups in total. The quantitative estimate of drug-likeness (QED) is 0.668. The molecule has 7 nitrogen and oxygen atoms in total. The molecule has 0 aliphatic rings. The van der Waals surface area contributed by atoms with Gasteiger partial charge in [-0.15, -0.1) is 0 Å². The molecule has 0 aromatic heterocycles. The maximum Gasteiger partial charge on any atom is 0.408 e. The number of nitrogens with two attached hydrogens (primary N) is 1. The SMILES string of the molecule is CCOP(=O)(OCC)[C@@H](CCN)NC(=O)OC(C)(C)C. The average Bonchev–Trinajstić information content (AvgIpc) is 2.26. The van der Waals surface area contributed by atoms with Crippen molar-refractivity contribution in [1.82, 2.24) is 5.32 Å². The highest BCUT2D eigenvalue weighted by Gasteiger charge is 2.37. The number of hydrogen-bond acceptors (Lipinski definition) is 6. The summed E-state index contributed by atoms with van der Waals surface area (Å²) in [6.45, 7) is 9.32. The van der Waals surface area contributed by atoms with Gasteiger partial charge in [-0.2, -0.15) is 0 Å². The summed E-state index contributed by atoms with van der Waals surface area (Å²) >= 11 is 0. The minimum absolute atomic E-state index is 0.217. The van der Waals surface area contributed by atoms with Crippen molar-refractivity contribution in [2.24, 2.45) is 5.73 Å². The fraction of sp³-hybridized carbons (Fsp3) is 0.917. The lowest BCUT2D eigenvalue weighted by molar-refractivity contribution is 0.0507. The summed E-state index contributed by atoms with van der Waals surface area (Å²) in [7, 11) is -3.46. The van der Waals surface area contributed by atoms with Crippen LogP contribution in [-0.4, -0.2) is 37.2 Å². The fourth-order valence-corrected chi connectivity index (χ4v) is 3.37. The van der Waals surface area contributed by atoms with E-state index in [1.165, 1.54) is 0 Å². The molecule has 0 unspecified atom stereocenters. The van der Waals surface area contributed by atoms with Crippen LogP contribution in [0.2, 0.25) is 0 Å². The monoisotopic (exact) mass is 310 g/mol. The summed E-state index contributed by atoms with van der Waals surface area (Å²) in [5, 5.41) is 2.53. The first kappa shape index (κ1) is 19.4. The van der Waals surface area contributed by atoms with Crippen molar-refractivity contribution >= 4 is 13.7 Å². The van der Waals surface area contributed by atoms with Crippen molar-refractivity contribution in [2.45, 2.75) is 52.4 Å². The Morgan fingerprint density at radius 2 is 1.75 bits per heavy atom. The molecule has 0 rings (SSSR count). The Hall–Kier alpha value is -0.620. The van der Waals surface area contributed by atoms with Crippen LogP contribution < -0.4 is 11.1 Å². The van der Waals surface area contributed by atoms with Crippen LogP contribution in [-0.2, 0) is 18.3 Å². The number of carbonyl (C=O) groups is 1. The number of rotatable bonds is 8. The van der Waals surface area contributed by atoms with Crippen LogP contribution in [0.5, 0.6) is 0 Å². The van der Waals surface area contributed by atoms with Crippen molar-refractivity contribution in [1.29, 1.82) is 0 Å². The van der Waals surface area contributed by atoms with Crippen molar-refractivity contribution < 1.29 is 23.1 Å². The summed E-state index contributed by atoms with van der Waals surface area (Å²) in [6, 6.07) is 0. The Morgan fingerprint density at radius 1 is 1.25 bits per heavy atom. The zero-order valence-corrected chi connectivity index (χ0v) is 13.9. The highest BCUT2D eigenvalue weighted by Crippen LogP contribution is 2.53. The van der Waals surface area contributed by atoms with Gasteiger partial charge < -0.3 is 24.8 Å². The number of nitrogens with one attached hydrogen (secondary N) is 1. The lowest BCUT2D eigenvalue weighted by atomic mass is 10.2. The van der Waals surface area contributed by atoms with Crippen LogP contribution in [0.4, 0.5) is 4.79 Å². The van der Waals surface area contributed by atoms with Gasteiger partial charge in [-0.05, 0) is 47.6 Å². The smallest absolute Gasteiger partial charge is 0.408 e. The molecule has 0 fully saturated rings. The number of amides is 1. The minimum atomic E-state index is -3.46.